The van der Waals surface area contributed by atoms with Crippen LogP contribution in [0.2, 0.25) is 0 Å². The Hall–Kier alpha value is -1.32. The smallest absolute Gasteiger partial charge is 0.0471 e. The summed E-state index contributed by atoms with van der Waals surface area (Å²) in [4.78, 5) is 3.23. The number of nitrogens with one attached hydrogen (secondary N) is 1. The minimum Gasteiger partial charge on any atom is -0.396 e. The number of fused-ring (bicyclic) bond motifs is 1. The summed E-state index contributed by atoms with van der Waals surface area (Å²) in [5.41, 5.74) is 9.14. The summed E-state index contributed by atoms with van der Waals surface area (Å²) in [5.74, 6) is 0. The highest BCUT2D eigenvalue weighted by atomic mass is 16.2. The van der Waals surface area contributed by atoms with E-state index in [2.05, 4.69) is 17.1 Å². The van der Waals surface area contributed by atoms with Crippen molar-refractivity contribution in [3.8, 4) is 0 Å². The van der Waals surface area contributed by atoms with E-state index >= 15 is 0 Å². The molecule has 3 heteroatoms. The van der Waals surface area contributed by atoms with Gasteiger partial charge in [-0.2, -0.15) is 0 Å². The van der Waals surface area contributed by atoms with Crippen molar-refractivity contribution in [3.05, 3.63) is 35.5 Å². The van der Waals surface area contributed by atoms with Crippen LogP contribution >= 0.6 is 0 Å². The maximum absolute atomic E-state index is 9.00. The normalized spacial score (nSPS) is 11.1. The predicted molar refractivity (Wildman–Crippen MR) is 61.8 cm³/mol. The van der Waals surface area contributed by atoms with Crippen LogP contribution in [0.25, 0.3) is 10.9 Å². The van der Waals surface area contributed by atoms with Crippen LogP contribution in [0.4, 0.5) is 0 Å². The number of aromatic nitrogens is 1. The number of H-pyrrole nitrogens is 1. The molecule has 0 fully saturated rings. The van der Waals surface area contributed by atoms with Crippen molar-refractivity contribution >= 4 is 10.9 Å². The van der Waals surface area contributed by atoms with E-state index in [9.17, 15) is 0 Å². The Kier molecular flexibility index (Phi) is 3.04. The number of aliphatic hydroxyl groups is 1. The molecule has 0 saturated heterocycles. The quantitative estimate of drug-likeness (QED) is 0.701. The van der Waals surface area contributed by atoms with Crippen LogP contribution in [0.3, 0.4) is 0 Å². The van der Waals surface area contributed by atoms with E-state index in [1.165, 1.54) is 16.5 Å². The van der Waals surface area contributed by atoms with Gasteiger partial charge >= 0.3 is 0 Å². The van der Waals surface area contributed by atoms with Gasteiger partial charge in [0.2, 0.25) is 0 Å². The average molecular weight is 204 g/mol. The van der Waals surface area contributed by atoms with E-state index in [1.54, 1.807) is 0 Å². The molecule has 0 aliphatic rings. The second kappa shape index (κ2) is 4.47. The summed E-state index contributed by atoms with van der Waals surface area (Å²) in [6.45, 7) is 0.840. The van der Waals surface area contributed by atoms with Gasteiger partial charge in [-0.1, -0.05) is 12.1 Å². The first-order valence-corrected chi connectivity index (χ1v) is 5.25. The molecule has 0 saturated carbocycles. The van der Waals surface area contributed by atoms with Crippen molar-refractivity contribution in [1.29, 1.82) is 0 Å². The van der Waals surface area contributed by atoms with E-state index in [1.807, 2.05) is 12.3 Å². The van der Waals surface area contributed by atoms with E-state index < -0.39 is 0 Å². The third-order valence-electron chi connectivity index (χ3n) is 2.67. The third-order valence-corrected chi connectivity index (χ3v) is 2.67. The molecule has 0 bridgehead atoms. The molecule has 2 aromatic rings. The fourth-order valence-corrected chi connectivity index (χ4v) is 2.02. The number of aromatic amines is 1. The largest absolute Gasteiger partial charge is 0.396 e. The molecular formula is C12H16N2O. The van der Waals surface area contributed by atoms with Crippen molar-refractivity contribution in [2.75, 3.05) is 13.2 Å². The lowest BCUT2D eigenvalue weighted by Crippen LogP contribution is -2.02. The van der Waals surface area contributed by atoms with Crippen LogP contribution in [0, 0.1) is 0 Å². The Labute approximate surface area is 88.9 Å². The molecule has 0 radical (unpaired) electrons. The van der Waals surface area contributed by atoms with Crippen molar-refractivity contribution < 1.29 is 5.11 Å². The molecule has 0 atom stereocenters. The molecule has 4 N–H and O–H groups in total. The maximum atomic E-state index is 9.00. The molecule has 2 rings (SSSR count). The lowest BCUT2D eigenvalue weighted by atomic mass is 10.0. The van der Waals surface area contributed by atoms with Gasteiger partial charge in [-0.25, -0.2) is 0 Å². The van der Waals surface area contributed by atoms with Crippen molar-refractivity contribution in [2.24, 2.45) is 5.73 Å². The Bertz CT molecular complexity index is 448. The Morgan fingerprint density at radius 1 is 1.20 bits per heavy atom. The number of nitrogens with two attached hydrogens (primary N) is 1. The molecule has 0 spiro atoms. The molecule has 15 heavy (non-hydrogen) atoms. The van der Waals surface area contributed by atoms with Gasteiger partial charge in [0.15, 0.2) is 0 Å². The van der Waals surface area contributed by atoms with Gasteiger partial charge in [0.05, 0.1) is 0 Å². The maximum Gasteiger partial charge on any atom is 0.0471 e. The van der Waals surface area contributed by atoms with Gasteiger partial charge < -0.3 is 15.8 Å². The second-order valence-corrected chi connectivity index (χ2v) is 3.67. The van der Waals surface area contributed by atoms with E-state index in [-0.39, 0.29) is 6.61 Å². The monoisotopic (exact) mass is 204 g/mol. The van der Waals surface area contributed by atoms with Gasteiger partial charge in [0, 0.05) is 23.7 Å². The minimum atomic E-state index is 0.187. The van der Waals surface area contributed by atoms with E-state index in [0.717, 1.165) is 11.9 Å². The number of rotatable bonds is 4. The molecular weight excluding hydrogens is 188 g/mol. The minimum absolute atomic E-state index is 0.187. The summed E-state index contributed by atoms with van der Waals surface area (Å²) in [7, 11) is 0. The molecule has 0 aliphatic carbocycles. The molecule has 3 nitrogen and oxygen atoms in total. The van der Waals surface area contributed by atoms with Crippen molar-refractivity contribution in [1.82, 2.24) is 4.98 Å². The first-order valence-electron chi connectivity index (χ1n) is 5.25. The number of hydrogen-bond donors (Lipinski definition) is 3. The Morgan fingerprint density at radius 3 is 2.80 bits per heavy atom. The molecule has 0 amide bonds. The SMILES string of the molecule is NCCc1c[nH]c2cccc(CCO)c12. The van der Waals surface area contributed by atoms with Gasteiger partial charge in [0.25, 0.3) is 0 Å². The van der Waals surface area contributed by atoms with Crippen LogP contribution in [0.15, 0.2) is 24.4 Å². The predicted octanol–water partition coefficient (Wildman–Crippen LogP) is 1.20. The summed E-state index contributed by atoms with van der Waals surface area (Å²) in [6.07, 6.45) is 3.59. The third kappa shape index (κ3) is 1.89. The molecule has 80 valence electrons. The molecule has 1 heterocycles. The van der Waals surface area contributed by atoms with Crippen LogP contribution in [0.5, 0.6) is 0 Å². The fraction of sp³-hybridized carbons (Fsp3) is 0.333. The number of hydrogen-bond acceptors (Lipinski definition) is 2. The van der Waals surface area contributed by atoms with E-state index in [4.69, 9.17) is 10.8 Å². The highest BCUT2D eigenvalue weighted by molar-refractivity contribution is 5.86. The zero-order valence-corrected chi connectivity index (χ0v) is 8.66. The Morgan fingerprint density at radius 2 is 2.07 bits per heavy atom. The van der Waals surface area contributed by atoms with Crippen LogP contribution in [-0.2, 0) is 12.8 Å². The fourth-order valence-electron chi connectivity index (χ4n) is 2.02. The lowest BCUT2D eigenvalue weighted by molar-refractivity contribution is 0.300. The summed E-state index contributed by atoms with van der Waals surface area (Å²) in [5, 5.41) is 10.2. The van der Waals surface area contributed by atoms with Gasteiger partial charge in [0.1, 0.15) is 0 Å². The number of benzene rings is 1. The Balaban J connectivity index is 2.53. The van der Waals surface area contributed by atoms with Crippen LogP contribution < -0.4 is 5.73 Å². The second-order valence-electron chi connectivity index (χ2n) is 3.67. The summed E-state index contributed by atoms with van der Waals surface area (Å²) >= 11 is 0. The summed E-state index contributed by atoms with van der Waals surface area (Å²) in [6, 6.07) is 6.12. The topological polar surface area (TPSA) is 62.0 Å². The van der Waals surface area contributed by atoms with Gasteiger partial charge in [-0.05, 0) is 36.6 Å². The summed E-state index contributed by atoms with van der Waals surface area (Å²) < 4.78 is 0. The molecule has 0 aliphatic heterocycles. The van der Waals surface area contributed by atoms with Crippen molar-refractivity contribution in [3.63, 3.8) is 0 Å². The highest BCUT2D eigenvalue weighted by Gasteiger charge is 2.07. The lowest BCUT2D eigenvalue weighted by Gasteiger charge is -2.03. The zero-order chi connectivity index (χ0) is 10.7. The highest BCUT2D eigenvalue weighted by Crippen LogP contribution is 2.23. The molecule has 0 unspecified atom stereocenters. The van der Waals surface area contributed by atoms with Crippen LogP contribution in [0.1, 0.15) is 11.1 Å². The van der Waals surface area contributed by atoms with Crippen molar-refractivity contribution in [2.45, 2.75) is 12.8 Å². The first kappa shape index (κ1) is 10.2. The van der Waals surface area contributed by atoms with Gasteiger partial charge in [-0.15, -0.1) is 0 Å². The standard InChI is InChI=1S/C12H16N2O/c13-6-4-10-8-14-11-3-1-2-9(5-7-15)12(10)11/h1-3,8,14-15H,4-7,13H2. The van der Waals surface area contributed by atoms with Crippen LogP contribution in [-0.4, -0.2) is 23.2 Å². The molecule has 1 aromatic carbocycles. The zero-order valence-electron chi connectivity index (χ0n) is 8.66. The first-order chi connectivity index (χ1) is 7.36. The van der Waals surface area contributed by atoms with E-state index in [0.29, 0.717) is 13.0 Å². The average Bonchev–Trinajstić information content (AvgIpc) is 2.64. The number of aliphatic hydroxyl groups excluding tert-OH is 1. The molecule has 1 aromatic heterocycles. The van der Waals surface area contributed by atoms with Gasteiger partial charge in [-0.3, -0.25) is 0 Å².